The van der Waals surface area contributed by atoms with Crippen molar-refractivity contribution in [3.05, 3.63) is 39.4 Å². The Kier molecular flexibility index (Phi) is 5.71. The Balaban J connectivity index is 1.23. The summed E-state index contributed by atoms with van der Waals surface area (Å²) in [5, 5.41) is 14.0. The number of hydrogen-bond donors (Lipinski definition) is 1. The van der Waals surface area contributed by atoms with Crippen molar-refractivity contribution in [1.82, 2.24) is 15.1 Å². The lowest BCUT2D eigenvalue weighted by atomic mass is 10.0. The van der Waals surface area contributed by atoms with Crippen LogP contribution < -0.4 is 5.32 Å². The summed E-state index contributed by atoms with van der Waals surface area (Å²) in [5.41, 5.74) is -0.0632. The lowest BCUT2D eigenvalue weighted by Gasteiger charge is -2.32. The van der Waals surface area contributed by atoms with E-state index >= 15 is 0 Å². The average molecular weight is 428 g/mol. The van der Waals surface area contributed by atoms with Crippen LogP contribution in [0.15, 0.2) is 18.2 Å². The Hall–Kier alpha value is -3.30. The number of imide groups is 1. The van der Waals surface area contributed by atoms with Gasteiger partial charge < -0.3 is 10.2 Å². The van der Waals surface area contributed by atoms with Gasteiger partial charge in [-0.2, -0.15) is 0 Å². The third kappa shape index (κ3) is 4.42. The molecule has 10 nitrogen and oxygen atoms in total. The van der Waals surface area contributed by atoms with E-state index in [1.165, 1.54) is 12.1 Å². The van der Waals surface area contributed by atoms with Gasteiger partial charge in [0.1, 0.15) is 0 Å². The van der Waals surface area contributed by atoms with Crippen LogP contribution in [-0.4, -0.2) is 64.0 Å². The van der Waals surface area contributed by atoms with Crippen molar-refractivity contribution in [2.75, 3.05) is 19.6 Å². The molecule has 0 radical (unpaired) electrons. The van der Waals surface area contributed by atoms with Crippen LogP contribution in [0.3, 0.4) is 0 Å². The molecule has 164 valence electrons. The largest absolute Gasteiger partial charge is 0.353 e. The van der Waals surface area contributed by atoms with Gasteiger partial charge in [-0.3, -0.25) is 34.2 Å². The van der Waals surface area contributed by atoms with E-state index in [0.29, 0.717) is 19.5 Å². The number of rotatable bonds is 7. The van der Waals surface area contributed by atoms with Gasteiger partial charge >= 0.3 is 0 Å². The second-order valence-corrected chi connectivity index (χ2v) is 8.29. The molecule has 1 saturated carbocycles. The van der Waals surface area contributed by atoms with Crippen molar-refractivity contribution in [3.8, 4) is 0 Å². The number of carbonyl (C=O) groups excluding carboxylic acids is 4. The second-order valence-electron chi connectivity index (χ2n) is 8.29. The zero-order chi connectivity index (χ0) is 22.1. The molecule has 10 heteroatoms. The van der Waals surface area contributed by atoms with Crippen molar-refractivity contribution >= 4 is 29.3 Å². The smallest absolute Gasteiger partial charge is 0.270 e. The number of nitro groups is 1. The molecular formula is C21H24N4O6. The lowest BCUT2D eigenvalue weighted by molar-refractivity contribution is -0.384. The number of nitrogens with zero attached hydrogens (tertiary/aromatic N) is 3. The highest BCUT2D eigenvalue weighted by Gasteiger charge is 2.37. The van der Waals surface area contributed by atoms with E-state index in [1.54, 1.807) is 4.90 Å². The Labute approximate surface area is 178 Å². The minimum atomic E-state index is -0.611. The van der Waals surface area contributed by atoms with Crippen molar-refractivity contribution < 1.29 is 24.1 Å². The monoisotopic (exact) mass is 428 g/mol. The molecule has 2 fully saturated rings. The summed E-state index contributed by atoms with van der Waals surface area (Å²) in [5.74, 6) is -0.804. The number of carbonyl (C=O) groups is 4. The van der Waals surface area contributed by atoms with Crippen molar-refractivity contribution in [3.63, 3.8) is 0 Å². The molecule has 0 spiro atoms. The molecule has 4 rings (SSSR count). The predicted octanol–water partition coefficient (Wildman–Crippen LogP) is 1.49. The molecule has 31 heavy (non-hydrogen) atoms. The summed E-state index contributed by atoms with van der Waals surface area (Å²) in [6, 6.07) is 3.73. The van der Waals surface area contributed by atoms with Crippen LogP contribution in [0.2, 0.25) is 0 Å². The molecule has 1 saturated heterocycles. The van der Waals surface area contributed by atoms with Gasteiger partial charge in [0.05, 0.1) is 16.1 Å². The first-order valence-corrected chi connectivity index (χ1v) is 10.6. The maximum absolute atomic E-state index is 12.5. The SMILES string of the molecule is O=C(NC1CCN(C(=O)CCCN2C(=O)c3ccc([N+](=O)[O-])cc3C2=O)CC1)C1CC1. The van der Waals surface area contributed by atoms with Gasteiger partial charge in [0.2, 0.25) is 11.8 Å². The Morgan fingerprint density at radius 2 is 1.74 bits per heavy atom. The van der Waals surface area contributed by atoms with Gasteiger partial charge in [0.25, 0.3) is 17.5 Å². The van der Waals surface area contributed by atoms with E-state index in [9.17, 15) is 29.3 Å². The zero-order valence-electron chi connectivity index (χ0n) is 17.0. The lowest BCUT2D eigenvalue weighted by Crippen LogP contribution is -2.47. The molecule has 0 atom stereocenters. The molecule has 1 aliphatic carbocycles. The summed E-state index contributed by atoms with van der Waals surface area (Å²) < 4.78 is 0. The summed E-state index contributed by atoms with van der Waals surface area (Å²) in [6.07, 6.45) is 3.90. The zero-order valence-corrected chi connectivity index (χ0v) is 17.0. The first kappa shape index (κ1) is 21.0. The molecule has 1 aromatic rings. The van der Waals surface area contributed by atoms with Crippen molar-refractivity contribution in [2.45, 2.75) is 44.6 Å². The van der Waals surface area contributed by atoms with E-state index in [0.717, 1.165) is 36.6 Å². The number of fused-ring (bicyclic) bond motifs is 1. The quantitative estimate of drug-likeness (QED) is 0.398. The Bertz CT molecular complexity index is 949. The molecular weight excluding hydrogens is 404 g/mol. The molecule has 3 aliphatic rings. The van der Waals surface area contributed by atoms with E-state index in [-0.39, 0.29) is 53.6 Å². The standard InChI is InChI=1S/C21H24N4O6/c26-18(23-10-7-14(8-11-23)22-19(27)13-3-4-13)2-1-9-24-20(28)16-6-5-15(25(30)31)12-17(16)21(24)29/h5-6,12-14H,1-4,7-11H2,(H,22,27). The van der Waals surface area contributed by atoms with Crippen LogP contribution in [0.1, 0.15) is 59.2 Å². The van der Waals surface area contributed by atoms with E-state index in [4.69, 9.17) is 0 Å². The van der Waals surface area contributed by atoms with Gasteiger partial charge in [0.15, 0.2) is 0 Å². The van der Waals surface area contributed by atoms with E-state index in [1.807, 2.05) is 0 Å². The first-order chi connectivity index (χ1) is 14.8. The maximum atomic E-state index is 12.5. The van der Waals surface area contributed by atoms with E-state index < -0.39 is 16.7 Å². The van der Waals surface area contributed by atoms with Gasteiger partial charge in [-0.25, -0.2) is 0 Å². The van der Waals surface area contributed by atoms with Gasteiger partial charge in [0, 0.05) is 50.1 Å². The Morgan fingerprint density at radius 1 is 1.06 bits per heavy atom. The highest BCUT2D eigenvalue weighted by Crippen LogP contribution is 2.29. The van der Waals surface area contributed by atoms with Gasteiger partial charge in [-0.05, 0) is 38.2 Å². The third-order valence-electron chi connectivity index (χ3n) is 6.08. The summed E-state index contributed by atoms with van der Waals surface area (Å²) >= 11 is 0. The highest BCUT2D eigenvalue weighted by atomic mass is 16.6. The number of likely N-dealkylation sites (tertiary alicyclic amines) is 1. The fourth-order valence-corrected chi connectivity index (χ4v) is 4.08. The number of amides is 4. The minimum Gasteiger partial charge on any atom is -0.353 e. The molecule has 2 aliphatic heterocycles. The molecule has 2 heterocycles. The number of nitrogens with one attached hydrogen (secondary N) is 1. The van der Waals surface area contributed by atoms with Crippen LogP contribution >= 0.6 is 0 Å². The minimum absolute atomic E-state index is 0.0286. The van der Waals surface area contributed by atoms with Crippen molar-refractivity contribution in [2.24, 2.45) is 5.92 Å². The molecule has 0 aromatic heterocycles. The number of benzene rings is 1. The maximum Gasteiger partial charge on any atom is 0.270 e. The third-order valence-corrected chi connectivity index (χ3v) is 6.08. The average Bonchev–Trinajstić information content (AvgIpc) is 3.58. The number of non-ortho nitro benzene ring substituents is 1. The summed E-state index contributed by atoms with van der Waals surface area (Å²) in [6.45, 7) is 1.23. The van der Waals surface area contributed by atoms with Crippen LogP contribution in [0.4, 0.5) is 5.69 Å². The number of nitro benzene ring substituents is 1. The van der Waals surface area contributed by atoms with Crippen LogP contribution in [-0.2, 0) is 9.59 Å². The van der Waals surface area contributed by atoms with Gasteiger partial charge in [-0.1, -0.05) is 0 Å². The molecule has 1 aromatic carbocycles. The predicted molar refractivity (Wildman–Crippen MR) is 108 cm³/mol. The molecule has 1 N–H and O–H groups in total. The second kappa shape index (κ2) is 8.44. The van der Waals surface area contributed by atoms with Gasteiger partial charge in [-0.15, -0.1) is 0 Å². The van der Waals surface area contributed by atoms with Crippen LogP contribution in [0.5, 0.6) is 0 Å². The normalized spacial score (nSPS) is 18.8. The Morgan fingerprint density at radius 3 is 2.39 bits per heavy atom. The summed E-state index contributed by atoms with van der Waals surface area (Å²) in [4.78, 5) is 62.4. The topological polar surface area (TPSA) is 130 Å². The molecule has 4 amide bonds. The fourth-order valence-electron chi connectivity index (χ4n) is 4.08. The van der Waals surface area contributed by atoms with E-state index in [2.05, 4.69) is 5.32 Å². The van der Waals surface area contributed by atoms with Crippen LogP contribution in [0.25, 0.3) is 0 Å². The van der Waals surface area contributed by atoms with Crippen LogP contribution in [0, 0.1) is 16.0 Å². The highest BCUT2D eigenvalue weighted by molar-refractivity contribution is 6.21. The number of piperidine rings is 1. The number of hydrogen-bond acceptors (Lipinski definition) is 6. The summed E-state index contributed by atoms with van der Waals surface area (Å²) in [7, 11) is 0. The molecule has 0 unspecified atom stereocenters. The fraction of sp³-hybridized carbons (Fsp3) is 0.524. The first-order valence-electron chi connectivity index (χ1n) is 10.6. The molecule has 0 bridgehead atoms. The van der Waals surface area contributed by atoms with Crippen molar-refractivity contribution in [1.29, 1.82) is 0 Å².